The number of rotatable bonds is 2. The lowest BCUT2D eigenvalue weighted by atomic mass is 9.68. The summed E-state index contributed by atoms with van der Waals surface area (Å²) < 4.78 is 5.70. The van der Waals surface area contributed by atoms with Gasteiger partial charge in [-0.05, 0) is 64.0 Å². The molecule has 0 aromatic rings. The van der Waals surface area contributed by atoms with E-state index in [4.69, 9.17) is 4.74 Å². The van der Waals surface area contributed by atoms with Gasteiger partial charge in [-0.2, -0.15) is 0 Å². The zero-order valence-corrected chi connectivity index (χ0v) is 9.35. The number of hydrogen-bond acceptors (Lipinski definition) is 2. The van der Waals surface area contributed by atoms with Crippen LogP contribution in [0.3, 0.4) is 0 Å². The zero-order valence-electron chi connectivity index (χ0n) is 9.35. The molecule has 0 atom stereocenters. The maximum absolute atomic E-state index is 5.70. The minimum atomic E-state index is 0.570. The molecule has 1 heterocycles. The fourth-order valence-corrected chi connectivity index (χ4v) is 3.06. The molecular weight excluding hydrogens is 174 g/mol. The normalized spacial score (nSPS) is 28.1. The highest BCUT2D eigenvalue weighted by Crippen LogP contribution is 2.43. The summed E-state index contributed by atoms with van der Waals surface area (Å²) in [6.45, 7) is 5.47. The van der Waals surface area contributed by atoms with Gasteiger partial charge in [-0.1, -0.05) is 0 Å². The molecular formula is C12H23NO. The van der Waals surface area contributed by atoms with Crippen molar-refractivity contribution in [2.45, 2.75) is 51.6 Å². The van der Waals surface area contributed by atoms with E-state index in [9.17, 15) is 0 Å². The van der Waals surface area contributed by atoms with Gasteiger partial charge in [-0.15, -0.1) is 0 Å². The van der Waals surface area contributed by atoms with Gasteiger partial charge < -0.3 is 10.1 Å². The van der Waals surface area contributed by atoms with E-state index in [0.717, 1.165) is 6.61 Å². The second kappa shape index (κ2) is 4.63. The molecule has 1 saturated carbocycles. The number of piperidine rings is 1. The van der Waals surface area contributed by atoms with Crippen molar-refractivity contribution in [1.82, 2.24) is 5.32 Å². The predicted octanol–water partition coefficient (Wildman–Crippen LogP) is 2.34. The second-order valence-corrected chi connectivity index (χ2v) is 4.90. The molecule has 2 fully saturated rings. The summed E-state index contributed by atoms with van der Waals surface area (Å²) >= 11 is 0. The Bertz CT molecular complexity index is 165. The largest absolute Gasteiger partial charge is 0.379 e. The van der Waals surface area contributed by atoms with Gasteiger partial charge in [0.2, 0.25) is 0 Å². The standard InChI is InChI=1S/C12H23NO/c1-2-14-11-3-5-12(6-4-11)7-9-13-10-8-12/h11,13H,2-10H2,1H3. The van der Waals surface area contributed by atoms with Crippen LogP contribution in [0.1, 0.15) is 45.4 Å². The van der Waals surface area contributed by atoms with Crippen molar-refractivity contribution in [3.63, 3.8) is 0 Å². The highest BCUT2D eigenvalue weighted by atomic mass is 16.5. The molecule has 1 saturated heterocycles. The van der Waals surface area contributed by atoms with Crippen molar-refractivity contribution in [2.24, 2.45) is 5.41 Å². The molecule has 2 heteroatoms. The van der Waals surface area contributed by atoms with Gasteiger partial charge in [0.1, 0.15) is 0 Å². The summed E-state index contributed by atoms with van der Waals surface area (Å²) in [5.41, 5.74) is 0.693. The van der Waals surface area contributed by atoms with Crippen LogP contribution in [0.4, 0.5) is 0 Å². The number of hydrogen-bond donors (Lipinski definition) is 1. The van der Waals surface area contributed by atoms with E-state index in [1.807, 2.05) is 0 Å². The van der Waals surface area contributed by atoms with Crippen LogP contribution < -0.4 is 5.32 Å². The van der Waals surface area contributed by atoms with Crippen molar-refractivity contribution in [3.8, 4) is 0 Å². The van der Waals surface area contributed by atoms with Crippen LogP contribution in [0, 0.1) is 5.41 Å². The Hall–Kier alpha value is -0.0800. The predicted molar refractivity (Wildman–Crippen MR) is 58.4 cm³/mol. The van der Waals surface area contributed by atoms with Gasteiger partial charge in [-0.25, -0.2) is 0 Å². The molecule has 2 rings (SSSR count). The van der Waals surface area contributed by atoms with Crippen LogP contribution in [0.15, 0.2) is 0 Å². The first-order chi connectivity index (χ1) is 6.85. The Labute approximate surface area is 87.4 Å². The summed E-state index contributed by atoms with van der Waals surface area (Å²) in [5, 5.41) is 3.46. The molecule has 2 aliphatic rings. The molecule has 0 radical (unpaired) electrons. The third-order valence-corrected chi connectivity index (χ3v) is 4.06. The van der Waals surface area contributed by atoms with Crippen molar-refractivity contribution in [3.05, 3.63) is 0 Å². The van der Waals surface area contributed by atoms with E-state index >= 15 is 0 Å². The molecule has 1 spiro atoms. The van der Waals surface area contributed by atoms with E-state index < -0.39 is 0 Å². The van der Waals surface area contributed by atoms with Crippen LogP contribution in [0.2, 0.25) is 0 Å². The van der Waals surface area contributed by atoms with Crippen LogP contribution in [-0.4, -0.2) is 25.8 Å². The van der Waals surface area contributed by atoms with Crippen molar-refractivity contribution in [1.29, 1.82) is 0 Å². The summed E-state index contributed by atoms with van der Waals surface area (Å²) in [5.74, 6) is 0. The second-order valence-electron chi connectivity index (χ2n) is 4.90. The molecule has 0 aromatic carbocycles. The van der Waals surface area contributed by atoms with E-state index in [1.165, 1.54) is 51.6 Å². The Kier molecular flexibility index (Phi) is 3.45. The maximum atomic E-state index is 5.70. The molecule has 0 aromatic heterocycles. The van der Waals surface area contributed by atoms with E-state index in [1.54, 1.807) is 0 Å². The maximum Gasteiger partial charge on any atom is 0.0575 e. The molecule has 1 aliphatic carbocycles. The van der Waals surface area contributed by atoms with E-state index in [-0.39, 0.29) is 0 Å². The lowest BCUT2D eigenvalue weighted by Gasteiger charge is -2.43. The molecule has 2 nitrogen and oxygen atoms in total. The minimum Gasteiger partial charge on any atom is -0.379 e. The lowest BCUT2D eigenvalue weighted by molar-refractivity contribution is -0.00655. The van der Waals surface area contributed by atoms with Gasteiger partial charge in [-0.3, -0.25) is 0 Å². The Morgan fingerprint density at radius 1 is 1.14 bits per heavy atom. The summed E-state index contributed by atoms with van der Waals surface area (Å²) in [7, 11) is 0. The van der Waals surface area contributed by atoms with E-state index in [2.05, 4.69) is 12.2 Å². The van der Waals surface area contributed by atoms with Crippen molar-refractivity contribution in [2.75, 3.05) is 19.7 Å². The van der Waals surface area contributed by atoms with E-state index in [0.29, 0.717) is 11.5 Å². The minimum absolute atomic E-state index is 0.570. The average Bonchev–Trinajstić information content (AvgIpc) is 2.24. The molecule has 1 N–H and O–H groups in total. The average molecular weight is 197 g/mol. The fraction of sp³-hybridized carbons (Fsp3) is 1.00. The SMILES string of the molecule is CCOC1CCC2(CCNCC2)CC1. The van der Waals surface area contributed by atoms with Crippen LogP contribution >= 0.6 is 0 Å². The summed E-state index contributed by atoms with van der Waals surface area (Å²) in [4.78, 5) is 0. The Balaban J connectivity index is 1.81. The molecule has 0 unspecified atom stereocenters. The van der Waals surface area contributed by atoms with Gasteiger partial charge >= 0.3 is 0 Å². The first-order valence-corrected chi connectivity index (χ1v) is 6.17. The topological polar surface area (TPSA) is 21.3 Å². The zero-order chi connectivity index (χ0) is 9.86. The summed E-state index contributed by atoms with van der Waals surface area (Å²) in [6.07, 6.45) is 8.76. The quantitative estimate of drug-likeness (QED) is 0.733. The Morgan fingerprint density at radius 3 is 2.36 bits per heavy atom. The highest BCUT2D eigenvalue weighted by molar-refractivity contribution is 4.89. The number of ether oxygens (including phenoxy) is 1. The number of nitrogens with one attached hydrogen (secondary N) is 1. The monoisotopic (exact) mass is 197 g/mol. The van der Waals surface area contributed by atoms with Gasteiger partial charge in [0.05, 0.1) is 6.10 Å². The van der Waals surface area contributed by atoms with Crippen molar-refractivity contribution >= 4 is 0 Å². The van der Waals surface area contributed by atoms with Gasteiger partial charge in [0.15, 0.2) is 0 Å². The molecule has 82 valence electrons. The smallest absolute Gasteiger partial charge is 0.0575 e. The van der Waals surface area contributed by atoms with Crippen LogP contribution in [-0.2, 0) is 4.74 Å². The molecule has 0 bridgehead atoms. The third kappa shape index (κ3) is 2.29. The van der Waals surface area contributed by atoms with Crippen LogP contribution in [0.5, 0.6) is 0 Å². The molecule has 14 heavy (non-hydrogen) atoms. The van der Waals surface area contributed by atoms with Gasteiger partial charge in [0, 0.05) is 6.61 Å². The molecule has 1 aliphatic heterocycles. The highest BCUT2D eigenvalue weighted by Gasteiger charge is 2.36. The molecule has 0 amide bonds. The first-order valence-electron chi connectivity index (χ1n) is 6.17. The summed E-state index contributed by atoms with van der Waals surface area (Å²) in [6, 6.07) is 0. The van der Waals surface area contributed by atoms with Crippen molar-refractivity contribution < 1.29 is 4.74 Å². The fourth-order valence-electron chi connectivity index (χ4n) is 3.06. The first kappa shape index (κ1) is 10.4. The Morgan fingerprint density at radius 2 is 1.79 bits per heavy atom. The lowest BCUT2D eigenvalue weighted by Crippen LogP contribution is -2.40. The third-order valence-electron chi connectivity index (χ3n) is 4.06. The van der Waals surface area contributed by atoms with Crippen LogP contribution in [0.25, 0.3) is 0 Å². The van der Waals surface area contributed by atoms with Gasteiger partial charge in [0.25, 0.3) is 0 Å².